The van der Waals surface area contributed by atoms with Crippen molar-refractivity contribution in [3.63, 3.8) is 0 Å². The first-order valence-corrected chi connectivity index (χ1v) is 5.86. The number of rotatable bonds is 2. The van der Waals surface area contributed by atoms with Gasteiger partial charge < -0.3 is 0 Å². The highest BCUT2D eigenvalue weighted by atomic mass is 35.5. The van der Waals surface area contributed by atoms with Gasteiger partial charge in [0.25, 0.3) is 0 Å². The van der Waals surface area contributed by atoms with Crippen LogP contribution in [-0.4, -0.2) is 23.4 Å². The van der Waals surface area contributed by atoms with Gasteiger partial charge in [-0.1, -0.05) is 20.7 Å². The molecule has 5 nitrogen and oxygen atoms in total. The van der Waals surface area contributed by atoms with Gasteiger partial charge in [-0.3, -0.25) is 0 Å². The molecule has 2 rings (SSSR count). The molecule has 1 aromatic carbocycles. The molecule has 0 atom stereocenters. The second kappa shape index (κ2) is 3.84. The zero-order valence-corrected chi connectivity index (χ0v) is 9.28. The second-order valence-electron chi connectivity index (χ2n) is 2.92. The lowest BCUT2D eigenvalue weighted by Gasteiger charge is -1.98. The van der Waals surface area contributed by atoms with Crippen LogP contribution in [0, 0.1) is 0 Å². The van der Waals surface area contributed by atoms with Gasteiger partial charge in [0.1, 0.15) is 0 Å². The summed E-state index contributed by atoms with van der Waals surface area (Å²) < 4.78 is 34.7. The number of halogens is 2. The quantitative estimate of drug-likeness (QED) is 0.770. The third kappa shape index (κ3) is 2.20. The average Bonchev–Trinajstić information content (AvgIpc) is 2.67. The van der Waals surface area contributed by atoms with Gasteiger partial charge in [-0.2, -0.15) is 8.42 Å². The lowest BCUT2D eigenvalue weighted by Crippen LogP contribution is -1.94. The molecule has 0 saturated heterocycles. The molecule has 0 amide bonds. The summed E-state index contributed by atoms with van der Waals surface area (Å²) in [5.41, 5.74) is 0.534. The summed E-state index contributed by atoms with van der Waals surface area (Å²) in [7, 11) is -4.82. The van der Waals surface area contributed by atoms with Crippen molar-refractivity contribution in [2.75, 3.05) is 0 Å². The zero-order valence-electron chi connectivity index (χ0n) is 7.71. The first kappa shape index (κ1) is 11.0. The number of aromatic nitrogens is 3. The largest absolute Gasteiger partial charge is 0.353 e. The topological polar surface area (TPSA) is 64.8 Å². The van der Waals surface area contributed by atoms with E-state index in [9.17, 15) is 12.3 Å². The Kier molecular flexibility index (Phi) is 2.64. The summed E-state index contributed by atoms with van der Waals surface area (Å²) >= 11 is 5.68. The highest BCUT2D eigenvalue weighted by molar-refractivity contribution is 7.86. The molecule has 1 heterocycles. The van der Waals surface area contributed by atoms with Crippen molar-refractivity contribution in [3.05, 3.63) is 35.5 Å². The van der Waals surface area contributed by atoms with Gasteiger partial charge in [0, 0.05) is 5.02 Å². The third-order valence-corrected chi connectivity index (χ3v) is 2.75. The third-order valence-electron chi connectivity index (χ3n) is 1.81. The van der Waals surface area contributed by atoms with Gasteiger partial charge >= 0.3 is 10.2 Å². The summed E-state index contributed by atoms with van der Waals surface area (Å²) in [6.07, 6.45) is 0.985. The van der Waals surface area contributed by atoms with Crippen LogP contribution in [0.4, 0.5) is 3.89 Å². The minimum Gasteiger partial charge on any atom is -0.219 e. The summed E-state index contributed by atoms with van der Waals surface area (Å²) in [6, 6.07) is 6.40. The maximum atomic E-state index is 12.5. The van der Waals surface area contributed by atoms with E-state index in [1.165, 1.54) is 0 Å². The molecule has 0 aliphatic heterocycles. The Morgan fingerprint density at radius 3 is 2.38 bits per heavy atom. The van der Waals surface area contributed by atoms with Gasteiger partial charge in [-0.25, -0.2) is 4.68 Å². The van der Waals surface area contributed by atoms with Crippen molar-refractivity contribution in [3.8, 4) is 5.69 Å². The van der Waals surface area contributed by atoms with Crippen LogP contribution in [0.5, 0.6) is 0 Å². The molecular weight excluding hydrogens is 257 g/mol. The first-order chi connectivity index (χ1) is 7.47. The zero-order chi connectivity index (χ0) is 11.8. The van der Waals surface area contributed by atoms with Crippen LogP contribution in [0.2, 0.25) is 5.02 Å². The molecule has 0 radical (unpaired) electrons. The summed E-state index contributed by atoms with van der Waals surface area (Å²) in [4.78, 5) is 0. The Balaban J connectivity index is 2.43. The number of hydrogen-bond acceptors (Lipinski definition) is 4. The molecule has 0 aliphatic carbocycles. The molecule has 0 N–H and O–H groups in total. The van der Waals surface area contributed by atoms with E-state index in [-0.39, 0.29) is 0 Å². The number of nitrogens with zero attached hydrogens (tertiary/aromatic N) is 3. The maximum Gasteiger partial charge on any atom is 0.353 e. The molecule has 0 aliphatic rings. The molecule has 84 valence electrons. The molecule has 1 aromatic heterocycles. The van der Waals surface area contributed by atoms with Crippen molar-refractivity contribution in [2.24, 2.45) is 0 Å². The summed E-state index contributed by atoms with van der Waals surface area (Å²) in [5.74, 6) is 0. The molecule has 0 fully saturated rings. The van der Waals surface area contributed by atoms with Crippen molar-refractivity contribution in [2.45, 2.75) is 5.03 Å². The van der Waals surface area contributed by atoms with Crippen molar-refractivity contribution in [1.29, 1.82) is 0 Å². The fourth-order valence-electron chi connectivity index (χ4n) is 1.08. The molecule has 0 unspecified atom stereocenters. The van der Waals surface area contributed by atoms with Gasteiger partial charge in [-0.05, 0) is 24.3 Å². The van der Waals surface area contributed by atoms with Crippen LogP contribution in [0.1, 0.15) is 0 Å². The van der Waals surface area contributed by atoms with Crippen LogP contribution in [-0.2, 0) is 10.2 Å². The molecule has 2 aromatic rings. The van der Waals surface area contributed by atoms with E-state index in [4.69, 9.17) is 11.6 Å². The van der Waals surface area contributed by atoms with Crippen LogP contribution < -0.4 is 0 Å². The first-order valence-electron chi connectivity index (χ1n) is 4.10. The summed E-state index contributed by atoms with van der Waals surface area (Å²) in [5, 5.41) is 6.50. The molecule has 16 heavy (non-hydrogen) atoms. The Hall–Kier alpha value is -1.47. The van der Waals surface area contributed by atoms with Gasteiger partial charge in [0.05, 0.1) is 11.9 Å². The van der Waals surface area contributed by atoms with E-state index in [1.54, 1.807) is 24.3 Å². The van der Waals surface area contributed by atoms with Crippen LogP contribution in [0.15, 0.2) is 35.5 Å². The van der Waals surface area contributed by atoms with E-state index in [1.807, 2.05) is 0 Å². The monoisotopic (exact) mass is 261 g/mol. The highest BCUT2D eigenvalue weighted by Crippen LogP contribution is 2.14. The predicted octanol–water partition coefficient (Wildman–Crippen LogP) is 1.58. The molecule has 0 bridgehead atoms. The van der Waals surface area contributed by atoms with Crippen LogP contribution in [0.3, 0.4) is 0 Å². The fourth-order valence-corrected chi connectivity index (χ4v) is 1.57. The second-order valence-corrected chi connectivity index (χ2v) is 4.65. The van der Waals surface area contributed by atoms with E-state index in [0.717, 1.165) is 10.9 Å². The Labute approximate surface area is 95.7 Å². The van der Waals surface area contributed by atoms with E-state index >= 15 is 0 Å². The van der Waals surface area contributed by atoms with Gasteiger partial charge in [0.15, 0.2) is 0 Å². The standard InChI is InChI=1S/C8H5ClFN3O2S/c9-6-1-3-7(4-2-6)13-5-8(11-12-13)16(10,14)15/h1-5H. The number of benzene rings is 1. The van der Waals surface area contributed by atoms with Gasteiger partial charge in [-0.15, -0.1) is 5.10 Å². The normalized spacial score (nSPS) is 11.6. The Bertz CT molecular complexity index is 608. The van der Waals surface area contributed by atoms with Crippen molar-refractivity contribution >= 4 is 21.8 Å². The summed E-state index contributed by atoms with van der Waals surface area (Å²) in [6.45, 7) is 0. The fraction of sp³-hybridized carbons (Fsp3) is 0. The smallest absolute Gasteiger partial charge is 0.219 e. The molecule has 0 spiro atoms. The average molecular weight is 262 g/mol. The maximum absolute atomic E-state index is 12.5. The van der Waals surface area contributed by atoms with Crippen LogP contribution in [0.25, 0.3) is 5.69 Å². The minimum atomic E-state index is -4.82. The van der Waals surface area contributed by atoms with E-state index in [0.29, 0.717) is 10.7 Å². The number of hydrogen-bond donors (Lipinski definition) is 0. The SMILES string of the molecule is O=S(=O)(F)c1cn(-c2ccc(Cl)cc2)nn1. The molecule has 8 heteroatoms. The molecule has 0 saturated carbocycles. The van der Waals surface area contributed by atoms with Crippen LogP contribution >= 0.6 is 11.6 Å². The predicted molar refractivity (Wildman–Crippen MR) is 54.7 cm³/mol. The van der Waals surface area contributed by atoms with Crippen molar-refractivity contribution in [1.82, 2.24) is 15.0 Å². The van der Waals surface area contributed by atoms with Crippen molar-refractivity contribution < 1.29 is 12.3 Å². The lowest BCUT2D eigenvalue weighted by molar-refractivity contribution is 0.547. The minimum absolute atomic E-state index is 0.530. The molecular formula is C8H5ClFN3O2S. The Morgan fingerprint density at radius 2 is 1.88 bits per heavy atom. The van der Waals surface area contributed by atoms with E-state index in [2.05, 4.69) is 10.3 Å². The Morgan fingerprint density at radius 1 is 1.25 bits per heavy atom. The lowest BCUT2D eigenvalue weighted by atomic mass is 10.3. The van der Waals surface area contributed by atoms with E-state index < -0.39 is 15.2 Å². The highest BCUT2D eigenvalue weighted by Gasteiger charge is 2.17. The van der Waals surface area contributed by atoms with Gasteiger partial charge in [0.2, 0.25) is 5.03 Å².